The van der Waals surface area contributed by atoms with Crippen molar-refractivity contribution in [3.63, 3.8) is 0 Å². The Morgan fingerprint density at radius 3 is 1.29 bits per heavy atom. The van der Waals surface area contributed by atoms with E-state index in [1.165, 1.54) is 77.0 Å². The molecule has 0 unspecified atom stereocenters. The lowest BCUT2D eigenvalue weighted by molar-refractivity contribution is -0.161. The molecule has 2 aliphatic rings. The van der Waals surface area contributed by atoms with Crippen molar-refractivity contribution < 1.29 is 4.74 Å². The first-order valence-electron chi connectivity index (χ1n) is 9.66. The smallest absolute Gasteiger partial charge is 0.0690 e. The van der Waals surface area contributed by atoms with E-state index in [4.69, 9.17) is 4.74 Å². The van der Waals surface area contributed by atoms with Gasteiger partial charge in [0.05, 0.1) is 11.2 Å². The second kappa shape index (κ2) is 7.49. The predicted octanol–water partition coefficient (Wildman–Crippen LogP) is 6.50. The minimum atomic E-state index is 0.242. The van der Waals surface area contributed by atoms with Gasteiger partial charge in [0.15, 0.2) is 0 Å². The second-order valence-corrected chi connectivity index (χ2v) is 8.75. The molecule has 0 radical (unpaired) electrons. The maximum absolute atomic E-state index is 7.05. The van der Waals surface area contributed by atoms with Crippen LogP contribution in [0.2, 0.25) is 0 Å². The number of ether oxygens (including phenoxy) is 1. The second-order valence-electron chi connectivity index (χ2n) is 8.75. The molecule has 0 amide bonds. The lowest BCUT2D eigenvalue weighted by Crippen LogP contribution is -2.42. The Hall–Kier alpha value is -0.0400. The van der Waals surface area contributed by atoms with Crippen LogP contribution in [0.4, 0.5) is 0 Å². The van der Waals surface area contributed by atoms with Gasteiger partial charge in [0, 0.05) is 0 Å². The maximum atomic E-state index is 7.05. The standard InChI is InChI=1S/C20H38O/c1-17(2)9-15-19(11-5-6-12-19)21-20(13-7-8-14-20)16-10-18(3)4/h17-18H,5-16H2,1-4H3. The highest BCUT2D eigenvalue weighted by Gasteiger charge is 2.44. The summed E-state index contributed by atoms with van der Waals surface area (Å²) in [6, 6.07) is 0. The monoisotopic (exact) mass is 294 g/mol. The van der Waals surface area contributed by atoms with Crippen LogP contribution < -0.4 is 0 Å². The summed E-state index contributed by atoms with van der Waals surface area (Å²) in [6.07, 6.45) is 16.1. The molecule has 0 heterocycles. The van der Waals surface area contributed by atoms with E-state index in [0.29, 0.717) is 0 Å². The van der Waals surface area contributed by atoms with E-state index in [2.05, 4.69) is 27.7 Å². The van der Waals surface area contributed by atoms with E-state index in [-0.39, 0.29) is 11.2 Å². The molecule has 0 aliphatic heterocycles. The summed E-state index contributed by atoms with van der Waals surface area (Å²) in [5.41, 5.74) is 0.483. The van der Waals surface area contributed by atoms with Gasteiger partial charge < -0.3 is 4.74 Å². The lowest BCUT2D eigenvalue weighted by atomic mass is 9.87. The Morgan fingerprint density at radius 1 is 0.667 bits per heavy atom. The zero-order chi connectivity index (χ0) is 15.3. The largest absolute Gasteiger partial charge is 0.369 e. The van der Waals surface area contributed by atoms with Crippen molar-refractivity contribution in [1.82, 2.24) is 0 Å². The van der Waals surface area contributed by atoms with Crippen LogP contribution in [0.15, 0.2) is 0 Å². The first-order chi connectivity index (χ1) is 9.95. The van der Waals surface area contributed by atoms with Crippen LogP contribution in [0.1, 0.15) is 105 Å². The summed E-state index contributed by atoms with van der Waals surface area (Å²) in [7, 11) is 0. The van der Waals surface area contributed by atoms with Crippen LogP contribution in [-0.2, 0) is 4.74 Å². The average molecular weight is 295 g/mol. The maximum Gasteiger partial charge on any atom is 0.0690 e. The molecule has 0 spiro atoms. The molecule has 2 fully saturated rings. The van der Waals surface area contributed by atoms with E-state index in [9.17, 15) is 0 Å². The molecule has 2 rings (SSSR count). The van der Waals surface area contributed by atoms with E-state index in [1.54, 1.807) is 0 Å². The van der Waals surface area contributed by atoms with Gasteiger partial charge in [0.1, 0.15) is 0 Å². The Morgan fingerprint density at radius 2 is 1.00 bits per heavy atom. The van der Waals surface area contributed by atoms with Crippen LogP contribution in [-0.4, -0.2) is 11.2 Å². The number of hydrogen-bond donors (Lipinski definition) is 0. The number of hydrogen-bond acceptors (Lipinski definition) is 1. The van der Waals surface area contributed by atoms with Gasteiger partial charge in [-0.2, -0.15) is 0 Å². The van der Waals surface area contributed by atoms with Crippen molar-refractivity contribution in [2.45, 2.75) is 116 Å². The van der Waals surface area contributed by atoms with Crippen LogP contribution in [0, 0.1) is 11.8 Å². The van der Waals surface area contributed by atoms with Crippen molar-refractivity contribution in [3.8, 4) is 0 Å². The summed E-state index contributed by atoms with van der Waals surface area (Å²) in [5, 5.41) is 0. The van der Waals surface area contributed by atoms with Gasteiger partial charge >= 0.3 is 0 Å². The summed E-state index contributed by atoms with van der Waals surface area (Å²) in [6.45, 7) is 9.42. The number of rotatable bonds is 8. The first-order valence-corrected chi connectivity index (χ1v) is 9.66. The minimum absolute atomic E-state index is 0.242. The average Bonchev–Trinajstić information content (AvgIpc) is 3.06. The van der Waals surface area contributed by atoms with Crippen LogP contribution in [0.5, 0.6) is 0 Å². The zero-order valence-electron chi connectivity index (χ0n) is 15.0. The van der Waals surface area contributed by atoms with Crippen molar-refractivity contribution in [1.29, 1.82) is 0 Å². The third-order valence-electron chi connectivity index (χ3n) is 5.82. The van der Waals surface area contributed by atoms with Crippen molar-refractivity contribution in [2.75, 3.05) is 0 Å². The summed E-state index contributed by atoms with van der Waals surface area (Å²) >= 11 is 0. The molecule has 0 saturated heterocycles. The van der Waals surface area contributed by atoms with Gasteiger partial charge in [0.2, 0.25) is 0 Å². The van der Waals surface area contributed by atoms with E-state index >= 15 is 0 Å². The molecule has 2 saturated carbocycles. The molecule has 1 heteroatoms. The highest BCUT2D eigenvalue weighted by Crippen LogP contribution is 2.47. The predicted molar refractivity (Wildman–Crippen MR) is 91.6 cm³/mol. The SMILES string of the molecule is CC(C)CCC1(OC2(CCC(C)C)CCCC2)CCCC1. The first kappa shape index (κ1) is 17.3. The molecular formula is C20H38O. The Labute approximate surface area is 133 Å². The molecule has 2 aliphatic carbocycles. The normalized spacial score (nSPS) is 24.3. The minimum Gasteiger partial charge on any atom is -0.369 e. The Balaban J connectivity index is 2.01. The van der Waals surface area contributed by atoms with Gasteiger partial charge in [0.25, 0.3) is 0 Å². The Kier molecular flexibility index (Phi) is 6.17. The fourth-order valence-corrected chi connectivity index (χ4v) is 4.41. The van der Waals surface area contributed by atoms with Crippen molar-refractivity contribution in [3.05, 3.63) is 0 Å². The summed E-state index contributed by atoms with van der Waals surface area (Å²) in [4.78, 5) is 0. The molecule has 0 atom stereocenters. The van der Waals surface area contributed by atoms with Crippen molar-refractivity contribution >= 4 is 0 Å². The van der Waals surface area contributed by atoms with Crippen LogP contribution in [0.25, 0.3) is 0 Å². The van der Waals surface area contributed by atoms with Crippen molar-refractivity contribution in [2.24, 2.45) is 11.8 Å². The van der Waals surface area contributed by atoms with Gasteiger partial charge in [-0.1, -0.05) is 53.4 Å². The third-order valence-corrected chi connectivity index (χ3v) is 5.82. The molecule has 0 bridgehead atoms. The molecule has 1 nitrogen and oxygen atoms in total. The fourth-order valence-electron chi connectivity index (χ4n) is 4.41. The van der Waals surface area contributed by atoms with Crippen LogP contribution in [0.3, 0.4) is 0 Å². The zero-order valence-corrected chi connectivity index (χ0v) is 15.0. The van der Waals surface area contributed by atoms with Gasteiger partial charge in [-0.15, -0.1) is 0 Å². The van der Waals surface area contributed by atoms with E-state index in [1.807, 2.05) is 0 Å². The van der Waals surface area contributed by atoms with Crippen LogP contribution >= 0.6 is 0 Å². The molecule has 21 heavy (non-hydrogen) atoms. The molecule has 0 aromatic heterocycles. The summed E-state index contributed by atoms with van der Waals surface area (Å²) < 4.78 is 7.05. The third kappa shape index (κ3) is 4.98. The molecule has 0 aromatic carbocycles. The molecule has 0 N–H and O–H groups in total. The highest BCUT2D eigenvalue weighted by atomic mass is 16.5. The quantitative estimate of drug-likeness (QED) is 0.496. The van der Waals surface area contributed by atoms with Gasteiger partial charge in [-0.25, -0.2) is 0 Å². The van der Waals surface area contributed by atoms with Gasteiger partial charge in [-0.3, -0.25) is 0 Å². The van der Waals surface area contributed by atoms with Gasteiger partial charge in [-0.05, 0) is 63.2 Å². The van der Waals surface area contributed by atoms with E-state index in [0.717, 1.165) is 11.8 Å². The Bertz CT molecular complexity index is 263. The van der Waals surface area contributed by atoms with E-state index < -0.39 is 0 Å². The fraction of sp³-hybridized carbons (Fsp3) is 1.00. The lowest BCUT2D eigenvalue weighted by Gasteiger charge is -2.41. The summed E-state index contributed by atoms with van der Waals surface area (Å²) in [5.74, 6) is 1.61. The molecule has 124 valence electrons. The topological polar surface area (TPSA) is 9.23 Å². The molecular weight excluding hydrogens is 256 g/mol. The highest BCUT2D eigenvalue weighted by molar-refractivity contribution is 4.95. The molecule has 0 aromatic rings.